The lowest BCUT2D eigenvalue weighted by atomic mass is 10.2. The molecule has 4 nitrogen and oxygen atoms in total. The van der Waals surface area contributed by atoms with E-state index in [-0.39, 0.29) is 5.75 Å². The Morgan fingerprint density at radius 3 is 2.74 bits per heavy atom. The molecule has 2 aromatic rings. The van der Waals surface area contributed by atoms with Crippen LogP contribution in [0.2, 0.25) is 0 Å². The zero-order chi connectivity index (χ0) is 13.5. The second-order valence-corrected chi connectivity index (χ2v) is 3.79. The number of ether oxygens (including phenoxy) is 1. The van der Waals surface area contributed by atoms with Gasteiger partial charge in [-0.2, -0.15) is 8.78 Å². The van der Waals surface area contributed by atoms with Crippen LogP contribution < -0.4 is 10.1 Å². The van der Waals surface area contributed by atoms with E-state index in [2.05, 4.69) is 20.0 Å². The van der Waals surface area contributed by atoms with Gasteiger partial charge in [-0.25, -0.2) is 9.97 Å². The van der Waals surface area contributed by atoms with Gasteiger partial charge < -0.3 is 10.1 Å². The number of para-hydroxylation sites is 1. The molecule has 0 saturated carbocycles. The molecule has 100 valence electrons. The zero-order valence-corrected chi connectivity index (χ0v) is 10.1. The number of nitrogens with one attached hydrogen (secondary N) is 1. The largest absolute Gasteiger partial charge is 0.434 e. The van der Waals surface area contributed by atoms with Crippen LogP contribution in [0, 0.1) is 0 Å². The number of rotatable bonds is 6. The number of alkyl halides is 2. The van der Waals surface area contributed by atoms with E-state index in [0.29, 0.717) is 18.7 Å². The average molecular weight is 265 g/mol. The molecular formula is C13H13F2N3O. The van der Waals surface area contributed by atoms with Crippen molar-refractivity contribution in [1.29, 1.82) is 0 Å². The van der Waals surface area contributed by atoms with E-state index in [1.54, 1.807) is 30.5 Å². The summed E-state index contributed by atoms with van der Waals surface area (Å²) in [5.74, 6) is 0.188. The quantitative estimate of drug-likeness (QED) is 0.871. The van der Waals surface area contributed by atoms with E-state index in [1.165, 1.54) is 12.4 Å². The first kappa shape index (κ1) is 13.4. The van der Waals surface area contributed by atoms with Gasteiger partial charge in [0.2, 0.25) is 0 Å². The maximum Gasteiger partial charge on any atom is 0.387 e. The van der Waals surface area contributed by atoms with E-state index < -0.39 is 6.61 Å². The third-order valence-corrected chi connectivity index (χ3v) is 2.45. The summed E-state index contributed by atoms with van der Waals surface area (Å²) in [5, 5.41) is 3.12. The molecule has 1 N–H and O–H groups in total. The zero-order valence-electron chi connectivity index (χ0n) is 10.1. The lowest BCUT2D eigenvalue weighted by Crippen LogP contribution is -2.15. The molecule has 6 heteroatoms. The second-order valence-electron chi connectivity index (χ2n) is 3.79. The number of halogens is 2. The molecule has 0 aliphatic carbocycles. The predicted molar refractivity (Wildman–Crippen MR) is 65.6 cm³/mol. The second kappa shape index (κ2) is 6.75. The van der Waals surface area contributed by atoms with Gasteiger partial charge in [0.25, 0.3) is 0 Å². The third kappa shape index (κ3) is 4.26. The maximum atomic E-state index is 12.2. The first-order valence-electron chi connectivity index (χ1n) is 5.74. The number of nitrogens with zero attached hydrogens (tertiary/aromatic N) is 2. The van der Waals surface area contributed by atoms with Crippen molar-refractivity contribution < 1.29 is 13.5 Å². The molecular weight excluding hydrogens is 252 g/mol. The van der Waals surface area contributed by atoms with E-state index in [9.17, 15) is 8.78 Å². The molecule has 0 radical (unpaired) electrons. The molecule has 0 fully saturated rings. The average Bonchev–Trinajstić information content (AvgIpc) is 2.41. The molecule has 1 heterocycles. The Kier molecular flexibility index (Phi) is 4.74. The lowest BCUT2D eigenvalue weighted by molar-refractivity contribution is -0.0505. The molecule has 0 amide bonds. The highest BCUT2D eigenvalue weighted by Gasteiger charge is 2.08. The first-order valence-corrected chi connectivity index (χ1v) is 5.74. The number of benzene rings is 1. The molecule has 0 aliphatic heterocycles. The van der Waals surface area contributed by atoms with Gasteiger partial charge in [-0.3, -0.25) is 0 Å². The van der Waals surface area contributed by atoms with Gasteiger partial charge in [-0.05, 0) is 12.1 Å². The van der Waals surface area contributed by atoms with Gasteiger partial charge >= 0.3 is 6.61 Å². The molecule has 2 rings (SSSR count). The van der Waals surface area contributed by atoms with Crippen LogP contribution in [0.15, 0.2) is 42.9 Å². The monoisotopic (exact) mass is 265 g/mol. The van der Waals surface area contributed by atoms with Crippen molar-refractivity contribution in [2.75, 3.05) is 0 Å². The molecule has 0 aliphatic rings. The van der Waals surface area contributed by atoms with Crippen molar-refractivity contribution >= 4 is 0 Å². The fourth-order valence-electron chi connectivity index (χ4n) is 1.61. The van der Waals surface area contributed by atoms with Gasteiger partial charge in [-0.15, -0.1) is 0 Å². The van der Waals surface area contributed by atoms with Crippen molar-refractivity contribution in [1.82, 2.24) is 15.3 Å². The topological polar surface area (TPSA) is 47.0 Å². The Bertz CT molecular complexity index is 508. The standard InChI is InChI=1S/C13H13F2N3O/c14-13(15)19-12-4-2-1-3-10(12)7-17-8-11-5-6-16-9-18-11/h1-6,9,13,17H,7-8H2. The Morgan fingerprint density at radius 2 is 2.00 bits per heavy atom. The highest BCUT2D eigenvalue weighted by Crippen LogP contribution is 2.19. The normalized spacial score (nSPS) is 10.7. The van der Waals surface area contributed by atoms with Crippen LogP contribution in [0.5, 0.6) is 5.75 Å². The van der Waals surface area contributed by atoms with E-state index >= 15 is 0 Å². The SMILES string of the molecule is FC(F)Oc1ccccc1CNCc1ccncn1. The smallest absolute Gasteiger partial charge is 0.387 e. The number of aromatic nitrogens is 2. The molecule has 0 atom stereocenters. The Balaban J connectivity index is 1.92. The summed E-state index contributed by atoms with van der Waals surface area (Å²) in [7, 11) is 0. The molecule has 0 unspecified atom stereocenters. The van der Waals surface area contributed by atoms with Crippen LogP contribution in [-0.2, 0) is 13.1 Å². The fraction of sp³-hybridized carbons (Fsp3) is 0.231. The van der Waals surface area contributed by atoms with E-state index in [0.717, 1.165) is 5.69 Å². The van der Waals surface area contributed by atoms with Gasteiger partial charge in [0.15, 0.2) is 0 Å². The van der Waals surface area contributed by atoms with Crippen molar-refractivity contribution in [3.8, 4) is 5.75 Å². The van der Waals surface area contributed by atoms with E-state index in [1.807, 2.05) is 0 Å². The van der Waals surface area contributed by atoms with Gasteiger partial charge in [0, 0.05) is 24.8 Å². The Hall–Kier alpha value is -2.08. The van der Waals surface area contributed by atoms with Crippen LogP contribution in [0.1, 0.15) is 11.3 Å². The maximum absolute atomic E-state index is 12.2. The summed E-state index contributed by atoms with van der Waals surface area (Å²) in [6.45, 7) is -1.86. The first-order chi connectivity index (χ1) is 9.25. The van der Waals surface area contributed by atoms with Crippen molar-refractivity contribution in [3.63, 3.8) is 0 Å². The fourth-order valence-corrected chi connectivity index (χ4v) is 1.61. The van der Waals surface area contributed by atoms with Crippen LogP contribution in [0.25, 0.3) is 0 Å². The van der Waals surface area contributed by atoms with Crippen LogP contribution in [0.3, 0.4) is 0 Å². The summed E-state index contributed by atoms with van der Waals surface area (Å²) >= 11 is 0. The highest BCUT2D eigenvalue weighted by atomic mass is 19.3. The molecule has 1 aromatic heterocycles. The summed E-state index contributed by atoms with van der Waals surface area (Å²) in [4.78, 5) is 7.87. The van der Waals surface area contributed by atoms with Gasteiger partial charge in [0.1, 0.15) is 12.1 Å². The summed E-state index contributed by atoms with van der Waals surface area (Å²) in [6, 6.07) is 8.48. The summed E-state index contributed by atoms with van der Waals surface area (Å²) < 4.78 is 28.9. The number of hydrogen-bond acceptors (Lipinski definition) is 4. The Labute approximate surface area is 109 Å². The minimum atomic E-state index is -2.82. The summed E-state index contributed by atoms with van der Waals surface area (Å²) in [6.07, 6.45) is 3.11. The van der Waals surface area contributed by atoms with Crippen molar-refractivity contribution in [2.45, 2.75) is 19.7 Å². The van der Waals surface area contributed by atoms with Crippen LogP contribution in [-0.4, -0.2) is 16.6 Å². The van der Waals surface area contributed by atoms with Crippen LogP contribution >= 0.6 is 0 Å². The van der Waals surface area contributed by atoms with Gasteiger partial charge in [0.05, 0.1) is 5.69 Å². The molecule has 0 saturated heterocycles. The number of hydrogen-bond donors (Lipinski definition) is 1. The predicted octanol–water partition coefficient (Wildman–Crippen LogP) is 2.37. The highest BCUT2D eigenvalue weighted by molar-refractivity contribution is 5.33. The third-order valence-electron chi connectivity index (χ3n) is 2.45. The minimum absolute atomic E-state index is 0.188. The Morgan fingerprint density at radius 1 is 1.16 bits per heavy atom. The van der Waals surface area contributed by atoms with Gasteiger partial charge in [-0.1, -0.05) is 18.2 Å². The van der Waals surface area contributed by atoms with E-state index in [4.69, 9.17) is 0 Å². The molecule has 19 heavy (non-hydrogen) atoms. The molecule has 0 spiro atoms. The molecule has 0 bridgehead atoms. The lowest BCUT2D eigenvalue weighted by Gasteiger charge is -2.11. The molecule has 1 aromatic carbocycles. The minimum Gasteiger partial charge on any atom is -0.434 e. The van der Waals surface area contributed by atoms with Crippen molar-refractivity contribution in [2.24, 2.45) is 0 Å². The van der Waals surface area contributed by atoms with Crippen molar-refractivity contribution in [3.05, 3.63) is 54.1 Å². The summed E-state index contributed by atoms with van der Waals surface area (Å²) in [5.41, 5.74) is 1.51. The van der Waals surface area contributed by atoms with Crippen LogP contribution in [0.4, 0.5) is 8.78 Å².